The molecule has 2 aliphatic rings. The summed E-state index contributed by atoms with van der Waals surface area (Å²) >= 11 is 0. The number of amides is 3. The van der Waals surface area contributed by atoms with Crippen molar-refractivity contribution in [2.45, 2.75) is 64.6 Å². The Morgan fingerprint density at radius 1 is 1.00 bits per heavy atom. The number of benzene rings is 2. The minimum Gasteiger partial charge on any atom is -0.467 e. The summed E-state index contributed by atoms with van der Waals surface area (Å²) in [5, 5.41) is 5.97. The number of ether oxygens (including phenoxy) is 1. The molecule has 0 saturated heterocycles. The molecule has 4 rings (SSSR count). The van der Waals surface area contributed by atoms with Crippen molar-refractivity contribution in [1.82, 2.24) is 10.2 Å². The smallest absolute Gasteiger partial charge is 0.328 e. The molecule has 7 heteroatoms. The summed E-state index contributed by atoms with van der Waals surface area (Å²) in [4.78, 5) is 39.2. The van der Waals surface area contributed by atoms with Crippen molar-refractivity contribution in [2.24, 2.45) is 5.92 Å². The Labute approximate surface area is 200 Å². The van der Waals surface area contributed by atoms with Crippen LogP contribution in [-0.4, -0.2) is 42.0 Å². The van der Waals surface area contributed by atoms with Crippen LogP contribution in [0.2, 0.25) is 0 Å². The number of fused-ring (bicyclic) bond motifs is 1. The first kappa shape index (κ1) is 23.8. The van der Waals surface area contributed by atoms with Gasteiger partial charge in [-0.15, -0.1) is 0 Å². The van der Waals surface area contributed by atoms with E-state index in [-0.39, 0.29) is 23.9 Å². The van der Waals surface area contributed by atoms with Gasteiger partial charge in [-0.1, -0.05) is 51.3 Å². The molecule has 1 saturated carbocycles. The molecule has 0 radical (unpaired) electrons. The second kappa shape index (κ2) is 10.3. The molecule has 1 aliphatic heterocycles. The number of nitrogens with one attached hydrogen (secondary N) is 2. The third-order valence-electron chi connectivity index (χ3n) is 6.76. The van der Waals surface area contributed by atoms with Crippen LogP contribution < -0.4 is 10.6 Å². The van der Waals surface area contributed by atoms with Crippen molar-refractivity contribution < 1.29 is 19.1 Å². The van der Waals surface area contributed by atoms with Crippen LogP contribution in [0.4, 0.5) is 10.5 Å². The molecule has 34 heavy (non-hydrogen) atoms. The number of rotatable bonds is 6. The molecule has 1 atom stereocenters. The number of esters is 1. The van der Waals surface area contributed by atoms with Crippen molar-refractivity contribution in [1.29, 1.82) is 0 Å². The summed E-state index contributed by atoms with van der Waals surface area (Å²) < 4.78 is 4.94. The van der Waals surface area contributed by atoms with Gasteiger partial charge in [-0.3, -0.25) is 4.79 Å². The molecule has 1 aliphatic carbocycles. The zero-order chi connectivity index (χ0) is 24.2. The Hall–Kier alpha value is -3.35. The number of nitrogens with zero attached hydrogens (tertiary/aromatic N) is 1. The SMILES string of the molecule is COC(=O)[C@H](C(C)C)N1Cc2cc(-c3ccc(NC(=O)NC4CCCCC4)cc3)ccc2C1=O. The van der Waals surface area contributed by atoms with Crippen LogP contribution in [0.5, 0.6) is 0 Å². The van der Waals surface area contributed by atoms with Gasteiger partial charge in [0.2, 0.25) is 0 Å². The van der Waals surface area contributed by atoms with Crippen LogP contribution in [0, 0.1) is 5.92 Å². The molecule has 180 valence electrons. The van der Waals surface area contributed by atoms with Gasteiger partial charge in [-0.2, -0.15) is 0 Å². The lowest BCUT2D eigenvalue weighted by Gasteiger charge is -2.28. The maximum absolute atomic E-state index is 13.0. The second-order valence-corrected chi connectivity index (χ2v) is 9.53. The molecule has 0 aromatic heterocycles. The van der Waals surface area contributed by atoms with E-state index in [1.165, 1.54) is 26.4 Å². The monoisotopic (exact) mass is 463 g/mol. The molecule has 1 heterocycles. The standard InChI is InChI=1S/C27H33N3O4/c1-17(2)24(26(32)34-3)30-16-20-15-19(11-14-23(20)25(30)31)18-9-12-22(13-10-18)29-27(33)28-21-7-5-4-6-8-21/h9-15,17,21,24H,4-8,16H2,1-3H3,(H2,28,29,33)/t24-/m0/s1. The lowest BCUT2D eigenvalue weighted by Crippen LogP contribution is -2.45. The lowest BCUT2D eigenvalue weighted by atomic mass is 9.96. The van der Waals surface area contributed by atoms with Gasteiger partial charge in [0, 0.05) is 23.8 Å². The van der Waals surface area contributed by atoms with Crippen molar-refractivity contribution in [3.05, 3.63) is 53.6 Å². The summed E-state index contributed by atoms with van der Waals surface area (Å²) in [5.74, 6) is -0.596. The number of methoxy groups -OCH3 is 1. The van der Waals surface area contributed by atoms with Crippen LogP contribution >= 0.6 is 0 Å². The normalized spacial score (nSPS) is 16.8. The van der Waals surface area contributed by atoms with Gasteiger partial charge in [0.25, 0.3) is 5.91 Å². The van der Waals surface area contributed by atoms with E-state index in [9.17, 15) is 14.4 Å². The topological polar surface area (TPSA) is 87.7 Å². The molecule has 0 spiro atoms. The molecular weight excluding hydrogens is 430 g/mol. The van der Waals surface area contributed by atoms with Gasteiger partial charge in [-0.25, -0.2) is 9.59 Å². The number of urea groups is 1. The largest absolute Gasteiger partial charge is 0.467 e. The molecule has 2 aromatic rings. The minimum atomic E-state index is -0.613. The minimum absolute atomic E-state index is 0.0551. The molecule has 2 N–H and O–H groups in total. The number of carbonyl (C=O) groups excluding carboxylic acids is 3. The second-order valence-electron chi connectivity index (χ2n) is 9.53. The van der Waals surface area contributed by atoms with Gasteiger partial charge in [-0.05, 0) is 59.7 Å². The summed E-state index contributed by atoms with van der Waals surface area (Å²) in [6, 6.07) is 12.9. The van der Waals surface area contributed by atoms with Gasteiger partial charge >= 0.3 is 12.0 Å². The van der Waals surface area contributed by atoms with Crippen LogP contribution in [0.3, 0.4) is 0 Å². The van der Waals surface area contributed by atoms with E-state index in [0.717, 1.165) is 35.2 Å². The Morgan fingerprint density at radius 2 is 1.68 bits per heavy atom. The highest BCUT2D eigenvalue weighted by atomic mass is 16.5. The molecule has 1 fully saturated rings. The third-order valence-corrected chi connectivity index (χ3v) is 6.76. The van der Waals surface area contributed by atoms with Crippen LogP contribution in [0.15, 0.2) is 42.5 Å². The first-order chi connectivity index (χ1) is 16.4. The Morgan fingerprint density at radius 3 is 2.32 bits per heavy atom. The predicted octanol–water partition coefficient (Wildman–Crippen LogP) is 4.96. The van der Waals surface area contributed by atoms with Gasteiger partial charge < -0.3 is 20.3 Å². The van der Waals surface area contributed by atoms with E-state index < -0.39 is 12.0 Å². The Balaban J connectivity index is 1.44. The number of carbonyl (C=O) groups is 3. The van der Waals surface area contributed by atoms with Crippen LogP contribution in [-0.2, 0) is 16.1 Å². The highest BCUT2D eigenvalue weighted by molar-refractivity contribution is 6.01. The fraction of sp³-hybridized carbons (Fsp3) is 0.444. The van der Waals surface area contributed by atoms with E-state index in [1.54, 1.807) is 4.90 Å². The number of anilines is 1. The van der Waals surface area contributed by atoms with Crippen molar-refractivity contribution in [2.75, 3.05) is 12.4 Å². The average Bonchev–Trinajstić information content (AvgIpc) is 3.15. The summed E-state index contributed by atoms with van der Waals surface area (Å²) in [6.45, 7) is 4.20. The summed E-state index contributed by atoms with van der Waals surface area (Å²) in [5.41, 5.74) is 4.21. The van der Waals surface area contributed by atoms with Gasteiger partial charge in [0.05, 0.1) is 7.11 Å². The van der Waals surface area contributed by atoms with Gasteiger partial charge in [0.1, 0.15) is 6.04 Å². The Kier molecular flexibility index (Phi) is 7.20. The molecular formula is C27H33N3O4. The highest BCUT2D eigenvalue weighted by Crippen LogP contribution is 2.32. The fourth-order valence-corrected chi connectivity index (χ4v) is 4.97. The zero-order valence-electron chi connectivity index (χ0n) is 20.1. The average molecular weight is 464 g/mol. The first-order valence-electron chi connectivity index (χ1n) is 12.1. The van der Waals surface area contributed by atoms with E-state index in [1.807, 2.05) is 56.3 Å². The molecule has 0 unspecified atom stereocenters. The highest BCUT2D eigenvalue weighted by Gasteiger charge is 2.38. The molecule has 2 aromatic carbocycles. The zero-order valence-corrected chi connectivity index (χ0v) is 20.1. The Bertz CT molecular complexity index is 1060. The van der Waals surface area contributed by atoms with E-state index in [0.29, 0.717) is 12.1 Å². The lowest BCUT2D eigenvalue weighted by molar-refractivity contribution is -0.147. The van der Waals surface area contributed by atoms with E-state index in [2.05, 4.69) is 10.6 Å². The van der Waals surface area contributed by atoms with Crippen LogP contribution in [0.25, 0.3) is 11.1 Å². The predicted molar refractivity (Wildman–Crippen MR) is 131 cm³/mol. The van der Waals surface area contributed by atoms with Crippen molar-refractivity contribution >= 4 is 23.6 Å². The quantitative estimate of drug-likeness (QED) is 0.593. The van der Waals surface area contributed by atoms with E-state index >= 15 is 0 Å². The molecule has 3 amide bonds. The van der Waals surface area contributed by atoms with Gasteiger partial charge in [0.15, 0.2) is 0 Å². The maximum atomic E-state index is 13.0. The maximum Gasteiger partial charge on any atom is 0.328 e. The summed E-state index contributed by atoms with van der Waals surface area (Å²) in [6.07, 6.45) is 5.68. The fourth-order valence-electron chi connectivity index (χ4n) is 4.97. The van der Waals surface area contributed by atoms with Crippen molar-refractivity contribution in [3.8, 4) is 11.1 Å². The third kappa shape index (κ3) is 5.08. The van der Waals surface area contributed by atoms with Crippen LogP contribution in [0.1, 0.15) is 61.9 Å². The first-order valence-corrected chi connectivity index (χ1v) is 12.1. The van der Waals surface area contributed by atoms with Crippen molar-refractivity contribution in [3.63, 3.8) is 0 Å². The number of hydrogen-bond donors (Lipinski definition) is 2. The number of hydrogen-bond acceptors (Lipinski definition) is 4. The molecule has 7 nitrogen and oxygen atoms in total. The summed E-state index contributed by atoms with van der Waals surface area (Å²) in [7, 11) is 1.35. The van der Waals surface area contributed by atoms with E-state index in [4.69, 9.17) is 4.74 Å². The molecule has 0 bridgehead atoms.